The molecule has 3 aromatic carbocycles. The summed E-state index contributed by atoms with van der Waals surface area (Å²) in [6, 6.07) is 22.0. The van der Waals surface area contributed by atoms with E-state index in [1.54, 1.807) is 12.3 Å². The molecule has 7 heteroatoms. The first-order valence-electron chi connectivity index (χ1n) is 12.1. The van der Waals surface area contributed by atoms with Gasteiger partial charge in [0.15, 0.2) is 0 Å². The van der Waals surface area contributed by atoms with Gasteiger partial charge in [-0.25, -0.2) is 0 Å². The first-order chi connectivity index (χ1) is 17.4. The van der Waals surface area contributed by atoms with Gasteiger partial charge >= 0.3 is 0 Å². The zero-order valence-electron chi connectivity index (χ0n) is 19.7. The van der Waals surface area contributed by atoms with Gasteiger partial charge in [0.25, 0.3) is 5.56 Å². The van der Waals surface area contributed by atoms with Gasteiger partial charge in [-0.05, 0) is 84.7 Å². The normalized spacial score (nSPS) is 18.0. The van der Waals surface area contributed by atoms with Gasteiger partial charge in [-0.3, -0.25) is 9.69 Å². The largest absolute Gasteiger partial charge is 0.489 e. The maximum absolute atomic E-state index is 12.1. The van der Waals surface area contributed by atoms with E-state index in [0.717, 1.165) is 54.2 Å². The van der Waals surface area contributed by atoms with Crippen molar-refractivity contribution in [3.05, 3.63) is 109 Å². The summed E-state index contributed by atoms with van der Waals surface area (Å²) in [4.78, 5) is 17.3. The molecule has 0 unspecified atom stereocenters. The molecular formula is C29H27Cl3N2O2. The number of hydrogen-bond acceptors (Lipinski definition) is 3. The highest BCUT2D eigenvalue weighted by Crippen LogP contribution is 2.34. The standard InChI is InChI=1S/C29H27Cl3N2O2/c30-22-5-1-3-19(13-22)17-34(18-20-4-2-6-23(31)14-20)24-7-9-25(10-8-24)36-28-15-21-11-12-33-29(35)26(21)16-27(28)32/h1-6,11-16,24-25H,7-10,17-18H2,(H,33,35)/t24-,25-. The van der Waals surface area contributed by atoms with Gasteiger partial charge in [0.2, 0.25) is 0 Å². The van der Waals surface area contributed by atoms with Crippen molar-refractivity contribution < 1.29 is 4.74 Å². The van der Waals surface area contributed by atoms with Crippen LogP contribution in [0, 0.1) is 0 Å². The molecule has 1 saturated carbocycles. The molecule has 1 aromatic heterocycles. The predicted molar refractivity (Wildman–Crippen MR) is 148 cm³/mol. The highest BCUT2D eigenvalue weighted by molar-refractivity contribution is 6.33. The predicted octanol–water partition coefficient (Wildman–Crippen LogP) is 7.88. The molecule has 0 saturated heterocycles. The molecule has 1 fully saturated rings. The number of H-pyrrole nitrogens is 1. The SMILES string of the molecule is O=c1[nH]ccc2cc(O[C@H]3CC[C@H](N(Cc4cccc(Cl)c4)Cc4cccc(Cl)c4)CC3)c(Cl)cc12. The summed E-state index contributed by atoms with van der Waals surface area (Å²) in [5.74, 6) is 0.632. The number of fused-ring (bicyclic) bond motifs is 1. The number of benzene rings is 3. The maximum atomic E-state index is 12.1. The lowest BCUT2D eigenvalue weighted by atomic mass is 9.91. The van der Waals surface area contributed by atoms with E-state index in [4.69, 9.17) is 39.5 Å². The third-order valence-electron chi connectivity index (χ3n) is 6.83. The van der Waals surface area contributed by atoms with Crippen LogP contribution in [0.1, 0.15) is 36.8 Å². The van der Waals surface area contributed by atoms with Crippen LogP contribution in [-0.2, 0) is 13.1 Å². The second kappa shape index (κ2) is 11.3. The minimum Gasteiger partial charge on any atom is -0.489 e. The van der Waals surface area contributed by atoms with Crippen LogP contribution >= 0.6 is 34.8 Å². The molecule has 0 spiro atoms. The lowest BCUT2D eigenvalue weighted by molar-refractivity contribution is 0.0795. The van der Waals surface area contributed by atoms with Crippen molar-refractivity contribution in [3.8, 4) is 5.75 Å². The Kier molecular flexibility index (Phi) is 7.87. The average molecular weight is 542 g/mol. The number of aromatic nitrogens is 1. The Hall–Kier alpha value is -2.50. The lowest BCUT2D eigenvalue weighted by Crippen LogP contribution is -2.39. The van der Waals surface area contributed by atoms with E-state index >= 15 is 0 Å². The van der Waals surface area contributed by atoms with Crippen LogP contribution in [0.4, 0.5) is 0 Å². The molecule has 0 atom stereocenters. The van der Waals surface area contributed by atoms with Crippen molar-refractivity contribution in [2.75, 3.05) is 0 Å². The molecule has 0 bridgehead atoms. The zero-order valence-corrected chi connectivity index (χ0v) is 22.0. The summed E-state index contributed by atoms with van der Waals surface area (Å²) in [6.45, 7) is 1.63. The van der Waals surface area contributed by atoms with E-state index in [1.807, 2.05) is 48.5 Å². The Balaban J connectivity index is 1.29. The number of rotatable bonds is 7. The van der Waals surface area contributed by atoms with Crippen LogP contribution in [0.3, 0.4) is 0 Å². The zero-order chi connectivity index (χ0) is 25.1. The average Bonchev–Trinajstić information content (AvgIpc) is 2.85. The molecule has 0 aliphatic heterocycles. The van der Waals surface area contributed by atoms with E-state index in [0.29, 0.717) is 22.2 Å². The Morgan fingerprint density at radius 1 is 0.833 bits per heavy atom. The number of hydrogen-bond donors (Lipinski definition) is 1. The highest BCUT2D eigenvalue weighted by atomic mass is 35.5. The number of ether oxygens (including phenoxy) is 1. The summed E-state index contributed by atoms with van der Waals surface area (Å²) < 4.78 is 6.33. The third-order valence-corrected chi connectivity index (χ3v) is 7.59. The minimum absolute atomic E-state index is 0.0809. The second-order valence-electron chi connectivity index (χ2n) is 9.39. The fourth-order valence-corrected chi connectivity index (χ4v) is 5.67. The van der Waals surface area contributed by atoms with Gasteiger partial charge in [0.05, 0.1) is 11.1 Å². The minimum atomic E-state index is -0.152. The summed E-state index contributed by atoms with van der Waals surface area (Å²) >= 11 is 19.0. The molecule has 1 aliphatic carbocycles. The van der Waals surface area contributed by atoms with Crippen LogP contribution in [0.5, 0.6) is 5.75 Å². The van der Waals surface area contributed by atoms with E-state index in [-0.39, 0.29) is 11.7 Å². The first-order valence-corrected chi connectivity index (χ1v) is 13.3. The van der Waals surface area contributed by atoms with E-state index in [9.17, 15) is 4.79 Å². The summed E-state index contributed by atoms with van der Waals surface area (Å²) in [7, 11) is 0. The molecule has 4 nitrogen and oxygen atoms in total. The van der Waals surface area contributed by atoms with Crippen LogP contribution in [0.15, 0.2) is 77.7 Å². The van der Waals surface area contributed by atoms with E-state index < -0.39 is 0 Å². The maximum Gasteiger partial charge on any atom is 0.255 e. The van der Waals surface area contributed by atoms with Crippen molar-refractivity contribution in [3.63, 3.8) is 0 Å². The number of halogens is 3. The van der Waals surface area contributed by atoms with Gasteiger partial charge in [0, 0.05) is 40.8 Å². The molecular weight excluding hydrogens is 515 g/mol. The smallest absolute Gasteiger partial charge is 0.255 e. The Morgan fingerprint density at radius 3 is 2.08 bits per heavy atom. The summed E-state index contributed by atoms with van der Waals surface area (Å²) in [5.41, 5.74) is 2.24. The van der Waals surface area contributed by atoms with Crippen LogP contribution in [0.25, 0.3) is 10.8 Å². The van der Waals surface area contributed by atoms with Crippen molar-refractivity contribution in [2.24, 2.45) is 0 Å². The van der Waals surface area contributed by atoms with E-state index in [2.05, 4.69) is 22.0 Å². The Bertz CT molecular complexity index is 1370. The number of nitrogens with zero attached hydrogens (tertiary/aromatic N) is 1. The molecule has 36 heavy (non-hydrogen) atoms. The second-order valence-corrected chi connectivity index (χ2v) is 10.7. The van der Waals surface area contributed by atoms with Crippen molar-refractivity contribution in [1.29, 1.82) is 0 Å². The van der Waals surface area contributed by atoms with Gasteiger partial charge in [-0.1, -0.05) is 59.1 Å². The number of aromatic amines is 1. The highest BCUT2D eigenvalue weighted by Gasteiger charge is 2.28. The fourth-order valence-electron chi connectivity index (χ4n) is 5.04. The van der Waals surface area contributed by atoms with E-state index in [1.165, 1.54) is 11.1 Å². The van der Waals surface area contributed by atoms with Crippen molar-refractivity contribution in [2.45, 2.75) is 50.9 Å². The van der Waals surface area contributed by atoms with Gasteiger partial charge in [-0.2, -0.15) is 0 Å². The van der Waals surface area contributed by atoms with Gasteiger partial charge < -0.3 is 9.72 Å². The first kappa shape index (κ1) is 25.2. The molecule has 1 aliphatic rings. The molecule has 0 amide bonds. The molecule has 186 valence electrons. The van der Waals surface area contributed by atoms with Gasteiger partial charge in [0.1, 0.15) is 5.75 Å². The molecule has 1 heterocycles. The van der Waals surface area contributed by atoms with Crippen LogP contribution < -0.4 is 10.3 Å². The van der Waals surface area contributed by atoms with Crippen LogP contribution in [0.2, 0.25) is 15.1 Å². The molecule has 4 aromatic rings. The van der Waals surface area contributed by atoms with Gasteiger partial charge in [-0.15, -0.1) is 0 Å². The molecule has 1 N–H and O–H groups in total. The van der Waals surface area contributed by atoms with Crippen molar-refractivity contribution >= 4 is 45.6 Å². The molecule has 0 radical (unpaired) electrons. The third kappa shape index (κ3) is 6.07. The lowest BCUT2D eigenvalue weighted by Gasteiger charge is -2.37. The Labute approximate surface area is 225 Å². The van der Waals surface area contributed by atoms with Crippen molar-refractivity contribution in [1.82, 2.24) is 9.88 Å². The summed E-state index contributed by atoms with van der Waals surface area (Å²) in [5, 5.41) is 3.35. The summed E-state index contributed by atoms with van der Waals surface area (Å²) in [6.07, 6.45) is 5.60. The Morgan fingerprint density at radius 2 is 1.47 bits per heavy atom. The topological polar surface area (TPSA) is 45.3 Å². The quantitative estimate of drug-likeness (QED) is 0.259. The van der Waals surface area contributed by atoms with Crippen LogP contribution in [-0.4, -0.2) is 22.0 Å². The fraction of sp³-hybridized carbons (Fsp3) is 0.276. The monoisotopic (exact) mass is 540 g/mol. The number of nitrogens with one attached hydrogen (secondary N) is 1. The molecule has 5 rings (SSSR count). The number of pyridine rings is 1.